The quantitative estimate of drug-likeness (QED) is 0.928. The summed E-state index contributed by atoms with van der Waals surface area (Å²) in [7, 11) is 0. The third-order valence-corrected chi connectivity index (χ3v) is 4.73. The first-order chi connectivity index (χ1) is 10.1. The number of hydrogen-bond acceptors (Lipinski definition) is 3. The van der Waals surface area contributed by atoms with Crippen LogP contribution in [0, 0.1) is 5.82 Å². The van der Waals surface area contributed by atoms with Gasteiger partial charge in [0.15, 0.2) is 0 Å². The van der Waals surface area contributed by atoms with Crippen molar-refractivity contribution in [1.29, 1.82) is 0 Å². The van der Waals surface area contributed by atoms with E-state index in [1.807, 2.05) is 13.0 Å². The Hall–Kier alpha value is -1.13. The fourth-order valence-electron chi connectivity index (χ4n) is 3.80. The van der Waals surface area contributed by atoms with E-state index in [0.717, 1.165) is 25.1 Å². The van der Waals surface area contributed by atoms with E-state index >= 15 is 0 Å². The van der Waals surface area contributed by atoms with Gasteiger partial charge in [0, 0.05) is 37.4 Å². The molecule has 0 radical (unpaired) electrons. The molecule has 0 amide bonds. The maximum atomic E-state index is 13.6. The molecule has 0 aliphatic carbocycles. The van der Waals surface area contributed by atoms with Crippen LogP contribution in [0.4, 0.5) is 10.1 Å². The predicted molar refractivity (Wildman–Crippen MR) is 85.2 cm³/mol. The Bertz CT molecular complexity index is 489. The van der Waals surface area contributed by atoms with Crippen molar-refractivity contribution in [1.82, 2.24) is 4.90 Å². The van der Waals surface area contributed by atoms with Crippen LogP contribution in [0.5, 0.6) is 0 Å². The Balaban J connectivity index is 1.84. The van der Waals surface area contributed by atoms with Gasteiger partial charge in [-0.25, -0.2) is 4.39 Å². The van der Waals surface area contributed by atoms with Crippen LogP contribution >= 0.6 is 0 Å². The van der Waals surface area contributed by atoms with Gasteiger partial charge in [0.25, 0.3) is 0 Å². The summed E-state index contributed by atoms with van der Waals surface area (Å²) in [5.74, 6) is -0.160. The zero-order valence-corrected chi connectivity index (χ0v) is 12.9. The summed E-state index contributed by atoms with van der Waals surface area (Å²) in [5, 5.41) is 0. The molecule has 116 valence electrons. The summed E-state index contributed by atoms with van der Waals surface area (Å²) in [5.41, 5.74) is 8.18. The van der Waals surface area contributed by atoms with Crippen molar-refractivity contribution in [3.8, 4) is 0 Å². The Morgan fingerprint density at radius 3 is 2.90 bits per heavy atom. The molecule has 0 bridgehead atoms. The van der Waals surface area contributed by atoms with Crippen molar-refractivity contribution < 1.29 is 4.39 Å². The van der Waals surface area contributed by atoms with Gasteiger partial charge in [-0.15, -0.1) is 0 Å². The van der Waals surface area contributed by atoms with E-state index in [1.165, 1.54) is 38.0 Å². The van der Waals surface area contributed by atoms with Gasteiger partial charge in [0.05, 0.1) is 0 Å². The molecule has 2 atom stereocenters. The first kappa shape index (κ1) is 14.8. The Kier molecular flexibility index (Phi) is 4.45. The number of halogens is 1. The van der Waals surface area contributed by atoms with Gasteiger partial charge in [-0.2, -0.15) is 0 Å². The summed E-state index contributed by atoms with van der Waals surface area (Å²) < 4.78 is 13.6. The van der Waals surface area contributed by atoms with Crippen molar-refractivity contribution in [3.63, 3.8) is 0 Å². The second-order valence-corrected chi connectivity index (χ2v) is 6.59. The summed E-state index contributed by atoms with van der Waals surface area (Å²) in [4.78, 5) is 5.07. The average Bonchev–Trinajstić information content (AvgIpc) is 2.76. The van der Waals surface area contributed by atoms with Gasteiger partial charge in [-0.05, 0) is 62.9 Å². The monoisotopic (exact) mass is 291 g/mol. The molecule has 2 saturated heterocycles. The van der Waals surface area contributed by atoms with Crippen LogP contribution in [0.3, 0.4) is 0 Å². The van der Waals surface area contributed by atoms with Crippen LogP contribution in [-0.4, -0.2) is 43.2 Å². The largest absolute Gasteiger partial charge is 0.370 e. The highest BCUT2D eigenvalue weighted by Crippen LogP contribution is 2.28. The van der Waals surface area contributed by atoms with E-state index in [2.05, 4.69) is 9.80 Å². The van der Waals surface area contributed by atoms with E-state index in [4.69, 9.17) is 5.73 Å². The SMILES string of the molecule is CC(N)Cc1cc(F)ccc1N1CCCN2CCCC2C1. The van der Waals surface area contributed by atoms with E-state index in [9.17, 15) is 4.39 Å². The van der Waals surface area contributed by atoms with Gasteiger partial charge in [-0.3, -0.25) is 4.90 Å². The Morgan fingerprint density at radius 1 is 1.29 bits per heavy atom. The molecule has 2 N–H and O–H groups in total. The van der Waals surface area contributed by atoms with E-state index in [1.54, 1.807) is 12.1 Å². The number of nitrogens with zero attached hydrogens (tertiary/aromatic N) is 2. The van der Waals surface area contributed by atoms with Gasteiger partial charge in [0.1, 0.15) is 5.82 Å². The van der Waals surface area contributed by atoms with E-state index in [-0.39, 0.29) is 11.9 Å². The lowest BCUT2D eigenvalue weighted by atomic mass is 10.0. The summed E-state index contributed by atoms with van der Waals surface area (Å²) in [6, 6.07) is 5.91. The maximum Gasteiger partial charge on any atom is 0.123 e. The molecule has 2 aliphatic rings. The number of benzene rings is 1. The van der Waals surface area contributed by atoms with Gasteiger partial charge in [0.2, 0.25) is 0 Å². The lowest BCUT2D eigenvalue weighted by Gasteiger charge is -2.29. The first-order valence-electron chi connectivity index (χ1n) is 8.16. The molecule has 0 spiro atoms. The fraction of sp³-hybridized carbons (Fsp3) is 0.647. The molecule has 0 saturated carbocycles. The lowest BCUT2D eigenvalue weighted by Crippen LogP contribution is -2.37. The van der Waals surface area contributed by atoms with Crippen molar-refractivity contribution in [2.45, 2.75) is 44.7 Å². The Morgan fingerprint density at radius 2 is 2.10 bits per heavy atom. The highest BCUT2D eigenvalue weighted by atomic mass is 19.1. The number of nitrogens with two attached hydrogens (primary N) is 1. The molecule has 0 aromatic heterocycles. The van der Waals surface area contributed by atoms with Crippen molar-refractivity contribution in [2.24, 2.45) is 5.73 Å². The summed E-state index contributed by atoms with van der Waals surface area (Å²) in [6.07, 6.45) is 4.53. The second kappa shape index (κ2) is 6.32. The molecular weight excluding hydrogens is 265 g/mol. The third-order valence-electron chi connectivity index (χ3n) is 4.73. The zero-order chi connectivity index (χ0) is 14.8. The number of fused-ring (bicyclic) bond motifs is 1. The topological polar surface area (TPSA) is 32.5 Å². The average molecular weight is 291 g/mol. The van der Waals surface area contributed by atoms with Crippen LogP contribution in [0.15, 0.2) is 18.2 Å². The highest BCUT2D eigenvalue weighted by molar-refractivity contribution is 5.54. The minimum Gasteiger partial charge on any atom is -0.370 e. The van der Waals surface area contributed by atoms with Crippen molar-refractivity contribution in [3.05, 3.63) is 29.6 Å². The molecule has 1 aromatic rings. The first-order valence-corrected chi connectivity index (χ1v) is 8.16. The number of anilines is 1. The molecule has 1 aromatic carbocycles. The molecule has 2 fully saturated rings. The van der Waals surface area contributed by atoms with Crippen LogP contribution in [0.1, 0.15) is 31.7 Å². The van der Waals surface area contributed by atoms with E-state index in [0.29, 0.717) is 6.04 Å². The zero-order valence-electron chi connectivity index (χ0n) is 12.9. The van der Waals surface area contributed by atoms with Crippen LogP contribution in [0.25, 0.3) is 0 Å². The summed E-state index contributed by atoms with van der Waals surface area (Å²) >= 11 is 0. The summed E-state index contributed by atoms with van der Waals surface area (Å²) in [6.45, 7) is 6.55. The van der Waals surface area contributed by atoms with E-state index < -0.39 is 0 Å². The number of hydrogen-bond donors (Lipinski definition) is 1. The van der Waals surface area contributed by atoms with Crippen LogP contribution in [-0.2, 0) is 6.42 Å². The third kappa shape index (κ3) is 3.38. The lowest BCUT2D eigenvalue weighted by molar-refractivity contribution is 0.273. The van der Waals surface area contributed by atoms with Gasteiger partial charge in [-0.1, -0.05) is 0 Å². The van der Waals surface area contributed by atoms with Crippen LogP contribution < -0.4 is 10.6 Å². The maximum absolute atomic E-state index is 13.6. The molecule has 21 heavy (non-hydrogen) atoms. The molecule has 3 rings (SSSR count). The normalized spacial score (nSPS) is 24.7. The highest BCUT2D eigenvalue weighted by Gasteiger charge is 2.29. The Labute approximate surface area is 126 Å². The molecular formula is C17H26FN3. The number of rotatable bonds is 3. The smallest absolute Gasteiger partial charge is 0.123 e. The van der Waals surface area contributed by atoms with Gasteiger partial charge >= 0.3 is 0 Å². The molecule has 4 heteroatoms. The second-order valence-electron chi connectivity index (χ2n) is 6.59. The minimum atomic E-state index is -0.160. The minimum absolute atomic E-state index is 0.0560. The molecule has 2 heterocycles. The molecule has 2 unspecified atom stereocenters. The molecule has 2 aliphatic heterocycles. The van der Waals surface area contributed by atoms with Crippen molar-refractivity contribution in [2.75, 3.05) is 31.1 Å². The fourth-order valence-corrected chi connectivity index (χ4v) is 3.80. The molecule has 3 nitrogen and oxygen atoms in total. The predicted octanol–water partition coefficient (Wildman–Crippen LogP) is 2.39. The van der Waals surface area contributed by atoms with Gasteiger partial charge < -0.3 is 10.6 Å². The van der Waals surface area contributed by atoms with Crippen LogP contribution in [0.2, 0.25) is 0 Å². The standard InChI is InChI=1S/C17H26FN3/c1-13(19)10-14-11-15(18)5-6-17(14)21-9-3-8-20-7-2-4-16(20)12-21/h5-6,11,13,16H,2-4,7-10,12,19H2,1H3. The van der Waals surface area contributed by atoms with Crippen molar-refractivity contribution >= 4 is 5.69 Å².